The first-order valence-electron chi connectivity index (χ1n) is 6.66. The summed E-state index contributed by atoms with van der Waals surface area (Å²) in [5, 5.41) is -0.824. The van der Waals surface area contributed by atoms with Crippen LogP contribution in [-0.2, 0) is 10.0 Å². The quantitative estimate of drug-likeness (QED) is 0.718. The first kappa shape index (κ1) is 18.8. The third-order valence-corrected chi connectivity index (χ3v) is 6.49. The van der Waals surface area contributed by atoms with Crippen molar-refractivity contribution >= 4 is 21.4 Å². The Bertz CT molecular complexity index is 799. The Morgan fingerprint density at radius 3 is 2.08 bits per heavy atom. The molecule has 0 fully saturated rings. The molecule has 0 radical (unpaired) electrons. The molecule has 0 unspecified atom stereocenters. The summed E-state index contributed by atoms with van der Waals surface area (Å²) in [5.74, 6) is -0.745. The Morgan fingerprint density at radius 1 is 1.08 bits per heavy atom. The van der Waals surface area contributed by atoms with Crippen LogP contribution in [-0.4, -0.2) is 25.4 Å². The standard InChI is InChI=1S/C14H12F5NO2S2/c1-2-20(24(21,22)12-8-7-11(16)23-12)13(14(17,18)19)9-3-5-10(15)6-4-9/h3-8,13H,2H2,1H3/t13-/m1/s1. The second-order valence-electron chi connectivity index (χ2n) is 4.76. The molecule has 0 aliphatic rings. The molecule has 0 saturated carbocycles. The van der Waals surface area contributed by atoms with Crippen LogP contribution < -0.4 is 0 Å². The highest BCUT2D eigenvalue weighted by atomic mass is 32.2. The van der Waals surface area contributed by atoms with E-state index in [1.165, 1.54) is 6.92 Å². The van der Waals surface area contributed by atoms with Crippen LogP contribution in [0, 0.1) is 10.9 Å². The molecule has 1 aromatic carbocycles. The first-order chi connectivity index (χ1) is 11.1. The van der Waals surface area contributed by atoms with Crippen molar-refractivity contribution in [3.05, 3.63) is 52.9 Å². The Hall–Kier alpha value is -1.52. The van der Waals surface area contributed by atoms with Crippen LogP contribution in [0.3, 0.4) is 0 Å². The molecule has 0 amide bonds. The minimum Gasteiger partial charge on any atom is -0.207 e. The second-order valence-corrected chi connectivity index (χ2v) is 7.91. The molecule has 0 aliphatic heterocycles. The van der Waals surface area contributed by atoms with E-state index in [1.807, 2.05) is 0 Å². The third kappa shape index (κ3) is 3.76. The molecule has 0 N–H and O–H groups in total. The molecule has 2 rings (SSSR count). The van der Waals surface area contributed by atoms with Gasteiger partial charge < -0.3 is 0 Å². The number of alkyl halides is 3. The van der Waals surface area contributed by atoms with Crippen LogP contribution >= 0.6 is 11.3 Å². The highest BCUT2D eigenvalue weighted by molar-refractivity contribution is 7.91. The summed E-state index contributed by atoms with van der Waals surface area (Å²) in [6.07, 6.45) is -4.93. The van der Waals surface area contributed by atoms with Crippen molar-refractivity contribution in [2.75, 3.05) is 6.54 Å². The van der Waals surface area contributed by atoms with Gasteiger partial charge in [0.05, 0.1) is 0 Å². The van der Waals surface area contributed by atoms with E-state index >= 15 is 0 Å². The lowest BCUT2D eigenvalue weighted by Crippen LogP contribution is -2.42. The van der Waals surface area contributed by atoms with E-state index in [2.05, 4.69) is 0 Å². The largest absolute Gasteiger partial charge is 0.409 e. The normalized spacial score (nSPS) is 14.1. The molecule has 1 heterocycles. The van der Waals surface area contributed by atoms with Crippen molar-refractivity contribution in [2.45, 2.75) is 23.4 Å². The monoisotopic (exact) mass is 385 g/mol. The minimum atomic E-state index is -4.93. The lowest BCUT2D eigenvalue weighted by atomic mass is 10.1. The molecule has 2 aromatic rings. The van der Waals surface area contributed by atoms with Gasteiger partial charge in [0, 0.05) is 6.54 Å². The van der Waals surface area contributed by atoms with Gasteiger partial charge in [-0.15, -0.1) is 0 Å². The van der Waals surface area contributed by atoms with Gasteiger partial charge in [-0.2, -0.15) is 21.9 Å². The molecule has 24 heavy (non-hydrogen) atoms. The van der Waals surface area contributed by atoms with Crippen LogP contribution in [0.25, 0.3) is 0 Å². The Morgan fingerprint density at radius 2 is 1.67 bits per heavy atom. The summed E-state index contributed by atoms with van der Waals surface area (Å²) in [7, 11) is -4.57. The van der Waals surface area contributed by atoms with Gasteiger partial charge in [-0.3, -0.25) is 0 Å². The molecule has 1 atom stereocenters. The highest BCUT2D eigenvalue weighted by Crippen LogP contribution is 2.41. The lowest BCUT2D eigenvalue weighted by Gasteiger charge is -2.31. The van der Waals surface area contributed by atoms with E-state index in [9.17, 15) is 30.4 Å². The SMILES string of the molecule is CCN([C@H](c1ccc(F)cc1)C(F)(F)F)S(=O)(=O)c1ccc(F)s1. The Kier molecular flexibility index (Phi) is 5.31. The fourth-order valence-corrected chi connectivity index (χ4v) is 4.95. The zero-order valence-electron chi connectivity index (χ0n) is 12.2. The van der Waals surface area contributed by atoms with Crippen LogP contribution in [0.2, 0.25) is 0 Å². The molecule has 132 valence electrons. The fourth-order valence-electron chi connectivity index (χ4n) is 2.21. The molecule has 0 bridgehead atoms. The van der Waals surface area contributed by atoms with Crippen LogP contribution in [0.4, 0.5) is 22.0 Å². The van der Waals surface area contributed by atoms with Crippen molar-refractivity contribution < 1.29 is 30.4 Å². The average Bonchev–Trinajstić information content (AvgIpc) is 2.92. The zero-order valence-corrected chi connectivity index (χ0v) is 13.9. The summed E-state index contributed by atoms with van der Waals surface area (Å²) in [5.41, 5.74) is -0.425. The molecule has 0 aliphatic carbocycles. The van der Waals surface area contributed by atoms with Gasteiger partial charge in [0.25, 0.3) is 10.0 Å². The predicted molar refractivity (Wildman–Crippen MR) is 79.0 cm³/mol. The number of hydrogen-bond acceptors (Lipinski definition) is 3. The zero-order chi connectivity index (χ0) is 18.1. The molecule has 10 heteroatoms. The average molecular weight is 385 g/mol. The highest BCUT2D eigenvalue weighted by Gasteiger charge is 2.49. The maximum atomic E-state index is 13.5. The lowest BCUT2D eigenvalue weighted by molar-refractivity contribution is -0.173. The fraction of sp³-hybridized carbons (Fsp3) is 0.286. The van der Waals surface area contributed by atoms with E-state index in [0.717, 1.165) is 36.4 Å². The van der Waals surface area contributed by atoms with E-state index < -0.39 is 49.5 Å². The smallest absolute Gasteiger partial charge is 0.207 e. The van der Waals surface area contributed by atoms with Gasteiger partial charge in [-0.25, -0.2) is 12.8 Å². The van der Waals surface area contributed by atoms with Crippen molar-refractivity contribution in [1.82, 2.24) is 4.31 Å². The number of halogens is 5. The van der Waals surface area contributed by atoms with Gasteiger partial charge >= 0.3 is 6.18 Å². The van der Waals surface area contributed by atoms with Crippen molar-refractivity contribution in [3.8, 4) is 0 Å². The van der Waals surface area contributed by atoms with Gasteiger partial charge in [-0.05, 0) is 29.8 Å². The summed E-state index contributed by atoms with van der Waals surface area (Å²) >= 11 is 0.240. The van der Waals surface area contributed by atoms with Crippen molar-refractivity contribution in [1.29, 1.82) is 0 Å². The maximum Gasteiger partial charge on any atom is 0.409 e. The second kappa shape index (κ2) is 6.77. The molecule has 0 saturated heterocycles. The summed E-state index contributed by atoms with van der Waals surface area (Å²) < 4.78 is 91.3. The molecule has 0 spiro atoms. The predicted octanol–water partition coefficient (Wildman–Crippen LogP) is 4.34. The number of benzene rings is 1. The number of sulfonamides is 1. The molecular formula is C14H12F5NO2S2. The first-order valence-corrected chi connectivity index (χ1v) is 8.92. The third-order valence-electron chi connectivity index (χ3n) is 3.21. The van der Waals surface area contributed by atoms with Gasteiger partial charge in [0.15, 0.2) is 5.13 Å². The molecule has 3 nitrogen and oxygen atoms in total. The molecular weight excluding hydrogens is 373 g/mol. The van der Waals surface area contributed by atoms with Crippen LogP contribution in [0.5, 0.6) is 0 Å². The van der Waals surface area contributed by atoms with Crippen molar-refractivity contribution in [3.63, 3.8) is 0 Å². The van der Waals surface area contributed by atoms with E-state index in [4.69, 9.17) is 0 Å². The van der Waals surface area contributed by atoms with E-state index in [0.29, 0.717) is 0 Å². The van der Waals surface area contributed by atoms with E-state index in [-0.39, 0.29) is 15.6 Å². The summed E-state index contributed by atoms with van der Waals surface area (Å²) in [6, 6.07) is 2.67. The van der Waals surface area contributed by atoms with Crippen LogP contribution in [0.1, 0.15) is 18.5 Å². The molecule has 1 aromatic heterocycles. The van der Waals surface area contributed by atoms with Gasteiger partial charge in [-0.1, -0.05) is 30.4 Å². The Balaban J connectivity index is 2.56. The summed E-state index contributed by atoms with van der Waals surface area (Å²) in [6.45, 7) is 0.743. The van der Waals surface area contributed by atoms with Crippen LogP contribution in [0.15, 0.2) is 40.6 Å². The Labute approximate surface area is 139 Å². The topological polar surface area (TPSA) is 37.4 Å². The number of thiophene rings is 1. The van der Waals surface area contributed by atoms with Crippen molar-refractivity contribution in [2.24, 2.45) is 0 Å². The van der Waals surface area contributed by atoms with E-state index in [1.54, 1.807) is 0 Å². The van der Waals surface area contributed by atoms with Gasteiger partial charge in [0.1, 0.15) is 16.1 Å². The minimum absolute atomic E-state index is 0.228. The number of hydrogen-bond donors (Lipinski definition) is 0. The maximum absolute atomic E-state index is 13.5. The number of nitrogens with zero attached hydrogens (tertiary/aromatic N) is 1. The number of rotatable bonds is 5. The van der Waals surface area contributed by atoms with Gasteiger partial charge in [0.2, 0.25) is 0 Å². The summed E-state index contributed by atoms with van der Waals surface area (Å²) in [4.78, 5) is 0.